The summed E-state index contributed by atoms with van der Waals surface area (Å²) in [5.74, 6) is 0. The lowest BCUT2D eigenvalue weighted by Gasteiger charge is -2.30. The molecule has 0 bridgehead atoms. The van der Waals surface area contributed by atoms with Crippen molar-refractivity contribution >= 4 is 17.5 Å². The monoisotopic (exact) mass is 300 g/mol. The van der Waals surface area contributed by atoms with Gasteiger partial charge in [-0.05, 0) is 39.0 Å². The first-order chi connectivity index (χ1) is 10.3. The molecule has 1 amide bonds. The number of hydrogen-bond acceptors (Lipinski definition) is 4. The van der Waals surface area contributed by atoms with Crippen LogP contribution in [0.5, 0.6) is 0 Å². The molecule has 0 fully saturated rings. The molecule has 116 valence electrons. The van der Waals surface area contributed by atoms with Gasteiger partial charge in [-0.1, -0.05) is 6.07 Å². The second-order valence-electron chi connectivity index (χ2n) is 6.39. The van der Waals surface area contributed by atoms with Gasteiger partial charge in [-0.2, -0.15) is 5.10 Å². The van der Waals surface area contributed by atoms with Gasteiger partial charge in [-0.15, -0.1) is 0 Å². The largest absolute Gasteiger partial charge is 0.444 e. The Balaban J connectivity index is 1.95. The molecular weight excluding hydrogens is 280 g/mol. The molecule has 1 aliphatic rings. The Labute approximate surface area is 129 Å². The molecule has 6 nitrogen and oxygen atoms in total. The lowest BCUT2D eigenvalue weighted by Crippen LogP contribution is -2.30. The van der Waals surface area contributed by atoms with E-state index >= 15 is 0 Å². The molecule has 1 aliphatic heterocycles. The number of fused-ring (bicyclic) bond motifs is 3. The predicted octanol–water partition coefficient (Wildman–Crippen LogP) is 3.17. The van der Waals surface area contributed by atoms with Crippen LogP contribution in [0.25, 0.3) is 5.69 Å². The molecule has 2 heterocycles. The van der Waals surface area contributed by atoms with Gasteiger partial charge in [0.25, 0.3) is 0 Å². The minimum atomic E-state index is -0.528. The second kappa shape index (κ2) is 5.05. The predicted molar refractivity (Wildman–Crippen MR) is 85.5 cm³/mol. The summed E-state index contributed by atoms with van der Waals surface area (Å²) < 4.78 is 7.23. The maximum Gasteiger partial charge on any atom is 0.412 e. The van der Waals surface area contributed by atoms with Crippen molar-refractivity contribution in [3.05, 3.63) is 36.2 Å². The van der Waals surface area contributed by atoms with Crippen molar-refractivity contribution in [3.63, 3.8) is 0 Å². The maximum absolute atomic E-state index is 12.0. The number of aromatic nitrogens is 2. The zero-order valence-electron chi connectivity index (χ0n) is 13.3. The van der Waals surface area contributed by atoms with Gasteiger partial charge >= 0.3 is 6.09 Å². The van der Waals surface area contributed by atoms with E-state index in [1.807, 2.05) is 56.8 Å². The molecule has 1 N–H and O–H groups in total. The smallest absolute Gasteiger partial charge is 0.412 e. The Kier molecular flexibility index (Phi) is 3.31. The third-order valence-corrected chi connectivity index (χ3v) is 3.38. The highest BCUT2D eigenvalue weighted by Crippen LogP contribution is 2.36. The van der Waals surface area contributed by atoms with Gasteiger partial charge in [0.15, 0.2) is 0 Å². The molecule has 0 radical (unpaired) electrons. The first-order valence-electron chi connectivity index (χ1n) is 7.22. The Morgan fingerprint density at radius 3 is 2.82 bits per heavy atom. The number of benzene rings is 1. The quantitative estimate of drug-likeness (QED) is 0.879. The highest BCUT2D eigenvalue weighted by Gasteiger charge is 2.24. The number of amides is 1. The number of nitrogens with zero attached hydrogens (tertiary/aromatic N) is 3. The minimum Gasteiger partial charge on any atom is -0.444 e. The van der Waals surface area contributed by atoms with E-state index in [1.165, 1.54) is 0 Å². The van der Waals surface area contributed by atoms with Gasteiger partial charge in [0.2, 0.25) is 0 Å². The van der Waals surface area contributed by atoms with E-state index in [2.05, 4.69) is 15.3 Å². The molecule has 0 aliphatic carbocycles. The van der Waals surface area contributed by atoms with E-state index in [1.54, 1.807) is 6.20 Å². The maximum atomic E-state index is 12.0. The van der Waals surface area contributed by atoms with E-state index < -0.39 is 11.7 Å². The van der Waals surface area contributed by atoms with Crippen LogP contribution >= 0.6 is 0 Å². The fourth-order valence-electron chi connectivity index (χ4n) is 2.61. The van der Waals surface area contributed by atoms with Crippen molar-refractivity contribution in [1.29, 1.82) is 0 Å². The van der Waals surface area contributed by atoms with E-state index in [0.29, 0.717) is 0 Å². The van der Waals surface area contributed by atoms with Crippen molar-refractivity contribution in [3.8, 4) is 5.69 Å². The van der Waals surface area contributed by atoms with Crippen LogP contribution in [0.15, 0.2) is 30.5 Å². The van der Waals surface area contributed by atoms with Crippen LogP contribution < -0.4 is 10.2 Å². The van der Waals surface area contributed by atoms with E-state index in [9.17, 15) is 4.79 Å². The van der Waals surface area contributed by atoms with Crippen LogP contribution in [0.1, 0.15) is 26.5 Å². The van der Waals surface area contributed by atoms with Crippen molar-refractivity contribution in [2.75, 3.05) is 17.3 Å². The van der Waals surface area contributed by atoms with Gasteiger partial charge in [0, 0.05) is 13.2 Å². The third kappa shape index (κ3) is 2.64. The summed E-state index contributed by atoms with van der Waals surface area (Å²) in [6.07, 6.45) is 1.33. The minimum absolute atomic E-state index is 0.458. The topological polar surface area (TPSA) is 59.4 Å². The molecule has 1 aromatic carbocycles. The summed E-state index contributed by atoms with van der Waals surface area (Å²) in [5.41, 5.74) is 3.19. The Hall–Kier alpha value is -2.50. The molecule has 3 rings (SSSR count). The number of nitrogens with one attached hydrogen (secondary N) is 1. The SMILES string of the molecule is CN1Cc2ccnn2-c2cccc(NC(=O)OC(C)(C)C)c21. The fourth-order valence-corrected chi connectivity index (χ4v) is 2.61. The number of ether oxygens (including phenoxy) is 1. The Morgan fingerprint density at radius 2 is 2.09 bits per heavy atom. The van der Waals surface area contributed by atoms with Crippen LogP contribution in [0.4, 0.5) is 16.2 Å². The van der Waals surface area contributed by atoms with Crippen molar-refractivity contribution < 1.29 is 9.53 Å². The number of hydrogen-bond donors (Lipinski definition) is 1. The first kappa shape index (κ1) is 14.4. The fraction of sp³-hybridized carbons (Fsp3) is 0.375. The normalized spacial score (nSPS) is 13.4. The third-order valence-electron chi connectivity index (χ3n) is 3.38. The van der Waals surface area contributed by atoms with E-state index in [0.717, 1.165) is 29.3 Å². The summed E-state index contributed by atoms with van der Waals surface area (Å²) in [6.45, 7) is 6.26. The molecule has 22 heavy (non-hydrogen) atoms. The summed E-state index contributed by atoms with van der Waals surface area (Å²) in [4.78, 5) is 14.1. The Bertz CT molecular complexity index is 715. The number of para-hydroxylation sites is 1. The highest BCUT2D eigenvalue weighted by molar-refractivity contribution is 5.92. The zero-order valence-corrected chi connectivity index (χ0v) is 13.3. The van der Waals surface area contributed by atoms with Crippen molar-refractivity contribution in [2.24, 2.45) is 0 Å². The van der Waals surface area contributed by atoms with Gasteiger partial charge in [-0.25, -0.2) is 9.48 Å². The lowest BCUT2D eigenvalue weighted by molar-refractivity contribution is 0.0636. The lowest BCUT2D eigenvalue weighted by atomic mass is 10.1. The second-order valence-corrected chi connectivity index (χ2v) is 6.39. The van der Waals surface area contributed by atoms with E-state index in [4.69, 9.17) is 4.74 Å². The van der Waals surface area contributed by atoms with Crippen LogP contribution in [0, 0.1) is 0 Å². The molecule has 2 aromatic rings. The molecule has 0 saturated carbocycles. The molecule has 6 heteroatoms. The molecule has 0 saturated heterocycles. The summed E-state index contributed by atoms with van der Waals surface area (Å²) >= 11 is 0. The number of carbonyl (C=O) groups is 1. The summed E-state index contributed by atoms with van der Waals surface area (Å²) in [7, 11) is 2.00. The summed E-state index contributed by atoms with van der Waals surface area (Å²) in [5, 5.41) is 7.19. The first-order valence-corrected chi connectivity index (χ1v) is 7.22. The van der Waals surface area contributed by atoms with Crippen LogP contribution in [0.2, 0.25) is 0 Å². The molecular formula is C16H20N4O2. The molecule has 0 unspecified atom stereocenters. The average Bonchev–Trinajstić information content (AvgIpc) is 2.84. The zero-order chi connectivity index (χ0) is 15.9. The molecule has 0 spiro atoms. The standard InChI is InChI=1S/C16H20N4O2/c1-16(2,3)22-15(21)18-12-6-5-7-13-14(12)19(4)10-11-8-9-17-20(11)13/h5-9H,10H2,1-4H3,(H,18,21). The number of rotatable bonds is 1. The number of carbonyl (C=O) groups excluding carboxylic acids is 1. The van der Waals surface area contributed by atoms with Crippen LogP contribution in [0.3, 0.4) is 0 Å². The molecule has 0 atom stereocenters. The van der Waals surface area contributed by atoms with E-state index in [-0.39, 0.29) is 0 Å². The molecule has 1 aromatic heterocycles. The van der Waals surface area contributed by atoms with Crippen molar-refractivity contribution in [2.45, 2.75) is 32.9 Å². The van der Waals surface area contributed by atoms with Gasteiger partial charge in [-0.3, -0.25) is 5.32 Å². The van der Waals surface area contributed by atoms with Crippen LogP contribution in [-0.2, 0) is 11.3 Å². The Morgan fingerprint density at radius 1 is 1.32 bits per heavy atom. The van der Waals surface area contributed by atoms with Gasteiger partial charge in [0.05, 0.1) is 29.3 Å². The average molecular weight is 300 g/mol. The summed E-state index contributed by atoms with van der Waals surface area (Å²) in [6, 6.07) is 7.75. The van der Waals surface area contributed by atoms with Crippen molar-refractivity contribution in [1.82, 2.24) is 9.78 Å². The van der Waals surface area contributed by atoms with Crippen LogP contribution in [-0.4, -0.2) is 28.5 Å². The van der Waals surface area contributed by atoms with Gasteiger partial charge < -0.3 is 9.64 Å². The van der Waals surface area contributed by atoms with Gasteiger partial charge in [0.1, 0.15) is 5.60 Å². The highest BCUT2D eigenvalue weighted by atomic mass is 16.6. The number of anilines is 2.